The van der Waals surface area contributed by atoms with E-state index in [-0.39, 0.29) is 0 Å². The maximum absolute atomic E-state index is 5.43. The Morgan fingerprint density at radius 3 is 1.68 bits per heavy atom. The normalized spacial score (nSPS) is 12.4. The van der Waals surface area contributed by atoms with Crippen molar-refractivity contribution in [2.45, 2.75) is 0 Å². The monoisotopic (exact) mass is 799 g/mol. The zero-order valence-corrected chi connectivity index (χ0v) is 33.8. The van der Waals surface area contributed by atoms with Crippen LogP contribution in [0.1, 0.15) is 0 Å². The van der Waals surface area contributed by atoms with Gasteiger partial charge in [-0.15, -0.1) is 0 Å². The summed E-state index contributed by atoms with van der Waals surface area (Å²) in [5.74, 6) is 0.813. The van der Waals surface area contributed by atoms with Gasteiger partial charge in [0.05, 0.1) is 49.7 Å². The van der Waals surface area contributed by atoms with E-state index in [1.807, 2.05) is 12.1 Å². The fraction of sp³-hybridized carbons (Fsp3) is 0. The molecule has 5 nitrogen and oxygen atoms in total. The van der Waals surface area contributed by atoms with Gasteiger partial charge in [-0.3, -0.25) is 4.57 Å². The third-order valence-corrected chi connectivity index (χ3v) is 13.7. The molecular weight excluding hydrogens is 767 g/mol. The molecule has 0 atom stereocenters. The lowest BCUT2D eigenvalue weighted by atomic mass is 10.00. The van der Waals surface area contributed by atoms with Crippen LogP contribution in [0.3, 0.4) is 0 Å². The number of hydrogen-bond acceptors (Lipinski definition) is 2. The average molecular weight is 800 g/mol. The van der Waals surface area contributed by atoms with Gasteiger partial charge in [-0.1, -0.05) is 146 Å². The summed E-state index contributed by atoms with van der Waals surface area (Å²) in [6, 6.07) is 72.6. The summed E-state index contributed by atoms with van der Waals surface area (Å²) in [6.45, 7) is 0. The minimum absolute atomic E-state index is 0.813. The smallest absolute Gasteiger partial charge is 0.165 e. The first-order chi connectivity index (χ1) is 31.3. The predicted molar refractivity (Wildman–Crippen MR) is 263 cm³/mol. The van der Waals surface area contributed by atoms with Gasteiger partial charge in [0.15, 0.2) is 5.82 Å². The molecule has 0 N–H and O–H groups in total. The molecule has 15 rings (SSSR count). The van der Waals surface area contributed by atoms with Crippen LogP contribution in [-0.4, -0.2) is 23.5 Å². The summed E-state index contributed by atoms with van der Waals surface area (Å²) in [5, 5.41) is 15.0. The molecule has 0 fully saturated rings. The molecule has 0 spiro atoms. The van der Waals surface area contributed by atoms with E-state index in [1.54, 1.807) is 0 Å². The number of hydrogen-bond donors (Lipinski definition) is 0. The molecule has 0 unspecified atom stereocenters. The third kappa shape index (κ3) is 4.30. The van der Waals surface area contributed by atoms with Crippen LogP contribution in [0.5, 0.6) is 0 Å². The number of aromatic nitrogens is 5. The molecule has 15 aromatic rings. The SMILES string of the molecule is c1ccc2c(c1)ccc1c2c2ccccc2n1-c1nc2ccccc2nc1-c1ccc(-n2c3ccccc3c3c4c5ccc6ccccc6c5n5c6ccccc6c(cc32)c45)cc1. The minimum atomic E-state index is 0.813. The number of nitrogens with zero attached hydrogens (tertiary/aromatic N) is 5. The van der Waals surface area contributed by atoms with Crippen LogP contribution in [0.2, 0.25) is 0 Å². The second-order valence-electron chi connectivity index (χ2n) is 16.9. The van der Waals surface area contributed by atoms with E-state index < -0.39 is 0 Å². The third-order valence-electron chi connectivity index (χ3n) is 13.7. The molecular formula is C58H33N5. The van der Waals surface area contributed by atoms with E-state index >= 15 is 0 Å². The molecule has 5 aromatic heterocycles. The van der Waals surface area contributed by atoms with Crippen molar-refractivity contribution in [3.63, 3.8) is 0 Å². The predicted octanol–water partition coefficient (Wildman–Crippen LogP) is 14.9. The quantitative estimate of drug-likeness (QED) is 0.179. The Kier molecular flexibility index (Phi) is 6.36. The van der Waals surface area contributed by atoms with Crippen LogP contribution in [0, 0.1) is 0 Å². The van der Waals surface area contributed by atoms with Crippen LogP contribution < -0.4 is 0 Å². The second-order valence-corrected chi connectivity index (χ2v) is 16.9. The number of para-hydroxylation sites is 5. The Labute approximate surface area is 359 Å². The zero-order valence-electron chi connectivity index (χ0n) is 33.8. The van der Waals surface area contributed by atoms with E-state index in [4.69, 9.17) is 9.97 Å². The molecule has 0 amide bonds. The molecule has 0 aliphatic carbocycles. The van der Waals surface area contributed by atoms with Crippen LogP contribution in [0.15, 0.2) is 200 Å². The molecule has 0 saturated heterocycles. The first-order valence-corrected chi connectivity index (χ1v) is 21.6. The van der Waals surface area contributed by atoms with Gasteiger partial charge in [-0.2, -0.15) is 0 Å². The highest BCUT2D eigenvalue weighted by molar-refractivity contribution is 6.37. The highest BCUT2D eigenvalue weighted by atomic mass is 15.1. The lowest BCUT2D eigenvalue weighted by Gasteiger charge is -2.15. The molecule has 0 radical (unpaired) electrons. The molecule has 0 saturated carbocycles. The van der Waals surface area contributed by atoms with Gasteiger partial charge in [-0.05, 0) is 70.8 Å². The molecule has 290 valence electrons. The second kappa shape index (κ2) is 12.1. The van der Waals surface area contributed by atoms with Gasteiger partial charge < -0.3 is 8.97 Å². The molecule has 5 heteroatoms. The van der Waals surface area contributed by atoms with Gasteiger partial charge in [0.1, 0.15) is 5.69 Å². The van der Waals surface area contributed by atoms with Crippen molar-refractivity contribution in [2.75, 3.05) is 0 Å². The molecule has 5 heterocycles. The van der Waals surface area contributed by atoms with Crippen LogP contribution >= 0.6 is 0 Å². The maximum atomic E-state index is 5.43. The summed E-state index contributed by atoms with van der Waals surface area (Å²) in [4.78, 5) is 10.8. The highest BCUT2D eigenvalue weighted by Crippen LogP contribution is 2.48. The van der Waals surface area contributed by atoms with Gasteiger partial charge in [0, 0.05) is 59.7 Å². The topological polar surface area (TPSA) is 40.0 Å². The molecule has 0 aliphatic rings. The van der Waals surface area contributed by atoms with E-state index in [0.717, 1.165) is 44.8 Å². The lowest BCUT2D eigenvalue weighted by Crippen LogP contribution is -2.04. The first kappa shape index (κ1) is 33.2. The van der Waals surface area contributed by atoms with Crippen molar-refractivity contribution in [1.82, 2.24) is 23.5 Å². The zero-order chi connectivity index (χ0) is 40.9. The van der Waals surface area contributed by atoms with E-state index in [0.29, 0.717) is 0 Å². The lowest BCUT2D eigenvalue weighted by molar-refractivity contribution is 1.08. The van der Waals surface area contributed by atoms with Crippen LogP contribution in [-0.2, 0) is 0 Å². The van der Waals surface area contributed by atoms with Gasteiger partial charge >= 0.3 is 0 Å². The number of benzene rings is 10. The fourth-order valence-corrected chi connectivity index (χ4v) is 11.1. The standard InChI is InChI=1S/C58H33N5/c1-3-15-38-34(13-1)28-32-50-52(38)41-18-6-12-24-49(41)62(50)58-55(59-45-20-8-9-21-46(45)60-58)36-25-29-37(30-26-36)61-48-23-11-7-19-42(48)53-51(61)33-44-40-17-5-10-22-47(40)63-56-39-16-4-2-14-35(39)27-31-43(56)54(53)57(44)63/h1-33H. The van der Waals surface area contributed by atoms with Crippen molar-refractivity contribution < 1.29 is 0 Å². The number of fused-ring (bicyclic) bond motifs is 18. The summed E-state index contributed by atoms with van der Waals surface area (Å²) in [7, 11) is 0. The molecule has 63 heavy (non-hydrogen) atoms. The summed E-state index contributed by atoms with van der Waals surface area (Å²) < 4.78 is 7.30. The molecule has 0 aliphatic heterocycles. The van der Waals surface area contributed by atoms with Crippen molar-refractivity contribution in [3.05, 3.63) is 200 Å². The van der Waals surface area contributed by atoms with Crippen LogP contribution in [0.4, 0.5) is 0 Å². The summed E-state index contributed by atoms with van der Waals surface area (Å²) in [5.41, 5.74) is 13.0. The number of rotatable bonds is 3. The van der Waals surface area contributed by atoms with E-state index in [9.17, 15) is 0 Å². The highest BCUT2D eigenvalue weighted by Gasteiger charge is 2.26. The minimum Gasteiger partial charge on any atom is -0.309 e. The van der Waals surface area contributed by atoms with Gasteiger partial charge in [0.2, 0.25) is 0 Å². The van der Waals surface area contributed by atoms with E-state index in [2.05, 4.69) is 202 Å². The van der Waals surface area contributed by atoms with Crippen molar-refractivity contribution in [1.29, 1.82) is 0 Å². The largest absolute Gasteiger partial charge is 0.309 e. The van der Waals surface area contributed by atoms with Crippen molar-refractivity contribution >= 4 is 114 Å². The fourth-order valence-electron chi connectivity index (χ4n) is 11.1. The summed E-state index contributed by atoms with van der Waals surface area (Å²) >= 11 is 0. The molecule has 10 aromatic carbocycles. The Bertz CT molecular complexity index is 4430. The van der Waals surface area contributed by atoms with Crippen molar-refractivity contribution in [2.24, 2.45) is 0 Å². The average Bonchev–Trinajstić information content (AvgIpc) is 4.08. The Morgan fingerprint density at radius 2 is 0.905 bits per heavy atom. The Hall–Kier alpha value is -8.54. The summed E-state index contributed by atoms with van der Waals surface area (Å²) in [6.07, 6.45) is 0. The Balaban J connectivity index is 1.00. The maximum Gasteiger partial charge on any atom is 0.165 e. The van der Waals surface area contributed by atoms with Gasteiger partial charge in [-0.25, -0.2) is 9.97 Å². The van der Waals surface area contributed by atoms with Crippen molar-refractivity contribution in [3.8, 4) is 22.8 Å². The van der Waals surface area contributed by atoms with E-state index in [1.165, 1.54) is 92.2 Å². The first-order valence-electron chi connectivity index (χ1n) is 21.6. The molecule has 0 bridgehead atoms. The van der Waals surface area contributed by atoms with Gasteiger partial charge in [0.25, 0.3) is 0 Å². The Morgan fingerprint density at radius 1 is 0.317 bits per heavy atom. The van der Waals surface area contributed by atoms with Crippen LogP contribution in [0.25, 0.3) is 137 Å².